The van der Waals surface area contributed by atoms with E-state index >= 15 is 0 Å². The molecule has 2 nitrogen and oxygen atoms in total. The topological polar surface area (TPSA) is 24.4 Å². The Labute approximate surface area is 131 Å². The van der Waals surface area contributed by atoms with Gasteiger partial charge in [0.05, 0.1) is 10.0 Å². The normalized spacial score (nSPS) is 29.6. The monoisotopic (exact) mass is 356 g/mol. The van der Waals surface area contributed by atoms with E-state index in [-0.39, 0.29) is 11.4 Å². The van der Waals surface area contributed by atoms with E-state index in [2.05, 4.69) is 28.2 Å². The van der Waals surface area contributed by atoms with E-state index in [9.17, 15) is 4.39 Å². The number of hydrogen-bond acceptors (Lipinski definition) is 3. The molecule has 1 aromatic carbocycles. The van der Waals surface area contributed by atoms with Gasteiger partial charge < -0.3 is 5.32 Å². The molecule has 1 heterocycles. The van der Waals surface area contributed by atoms with Gasteiger partial charge in [-0.2, -0.15) is 0 Å². The van der Waals surface area contributed by atoms with Crippen LogP contribution in [-0.4, -0.2) is 16.5 Å². The van der Waals surface area contributed by atoms with Gasteiger partial charge in [-0.05, 0) is 65.7 Å². The molecule has 1 spiro atoms. The number of halogens is 2. The predicted octanol–water partition coefficient (Wildman–Crippen LogP) is 5.05. The van der Waals surface area contributed by atoms with Crippen molar-refractivity contribution in [3.63, 3.8) is 0 Å². The fourth-order valence-electron chi connectivity index (χ4n) is 2.80. The second-order valence-electron chi connectivity index (χ2n) is 5.87. The van der Waals surface area contributed by atoms with Gasteiger partial charge >= 0.3 is 0 Å². The first-order valence-corrected chi connectivity index (χ1v) is 8.79. The van der Waals surface area contributed by atoms with Crippen molar-refractivity contribution in [1.82, 2.24) is 0 Å². The van der Waals surface area contributed by atoms with Gasteiger partial charge in [0.25, 0.3) is 0 Å². The number of nitrogens with one attached hydrogen (secondary N) is 1. The maximum Gasteiger partial charge on any atom is 0.161 e. The Morgan fingerprint density at radius 1 is 1.40 bits per heavy atom. The molecule has 0 aromatic heterocycles. The lowest BCUT2D eigenvalue weighted by Gasteiger charge is -2.32. The van der Waals surface area contributed by atoms with E-state index in [4.69, 9.17) is 4.99 Å². The highest BCUT2D eigenvalue weighted by atomic mass is 79.9. The van der Waals surface area contributed by atoms with Crippen LogP contribution in [0.25, 0.3) is 0 Å². The van der Waals surface area contributed by atoms with Crippen LogP contribution < -0.4 is 5.32 Å². The van der Waals surface area contributed by atoms with Gasteiger partial charge in [-0.15, -0.1) is 0 Å². The molecule has 0 amide bonds. The Hall–Kier alpha value is -0.550. The third kappa shape index (κ3) is 3.03. The second-order valence-corrected chi connectivity index (χ2v) is 7.68. The molecule has 1 N–H and O–H groups in total. The summed E-state index contributed by atoms with van der Waals surface area (Å²) in [6.45, 7) is 2.33. The van der Waals surface area contributed by atoms with Gasteiger partial charge in [-0.1, -0.05) is 18.7 Å². The predicted molar refractivity (Wildman–Crippen MR) is 88.0 cm³/mol. The lowest BCUT2D eigenvalue weighted by Crippen LogP contribution is -2.32. The van der Waals surface area contributed by atoms with E-state index in [1.54, 1.807) is 23.9 Å². The molecule has 1 aromatic rings. The third-order valence-corrected chi connectivity index (χ3v) is 5.95. The molecule has 0 atom stereocenters. The largest absolute Gasteiger partial charge is 0.335 e. The average molecular weight is 357 g/mol. The van der Waals surface area contributed by atoms with Gasteiger partial charge in [0.2, 0.25) is 0 Å². The van der Waals surface area contributed by atoms with Crippen molar-refractivity contribution in [2.45, 2.75) is 38.1 Å². The highest BCUT2D eigenvalue weighted by Crippen LogP contribution is 2.41. The van der Waals surface area contributed by atoms with Gasteiger partial charge in [-0.25, -0.2) is 4.39 Å². The minimum atomic E-state index is -0.241. The summed E-state index contributed by atoms with van der Waals surface area (Å²) < 4.78 is 13.7. The van der Waals surface area contributed by atoms with E-state index in [1.807, 2.05) is 0 Å². The molecule has 0 radical (unpaired) electrons. The molecule has 3 rings (SSSR count). The summed E-state index contributed by atoms with van der Waals surface area (Å²) >= 11 is 4.99. The summed E-state index contributed by atoms with van der Waals surface area (Å²) in [5.74, 6) is 1.67. The first kappa shape index (κ1) is 14.4. The summed E-state index contributed by atoms with van der Waals surface area (Å²) in [6.07, 6.45) is 4.94. The van der Waals surface area contributed by atoms with Crippen molar-refractivity contribution in [1.29, 1.82) is 0 Å². The molecular formula is C15H18BrFN2S. The van der Waals surface area contributed by atoms with Crippen LogP contribution in [0.2, 0.25) is 0 Å². The average Bonchev–Trinajstić information content (AvgIpc) is 2.81. The number of anilines is 1. The van der Waals surface area contributed by atoms with E-state index in [1.165, 1.54) is 31.7 Å². The van der Waals surface area contributed by atoms with Gasteiger partial charge in [0.1, 0.15) is 5.82 Å². The standard InChI is InChI=1S/C15H18BrFN2S/c1-10-4-6-15(7-5-10)9-20-14(19-15)18-11-2-3-13(17)12(16)8-11/h2-3,8,10H,4-7,9H2,1H3,(H,18,19). The van der Waals surface area contributed by atoms with Crippen molar-refractivity contribution in [3.8, 4) is 0 Å². The Kier molecular flexibility index (Phi) is 4.09. The minimum absolute atomic E-state index is 0.150. The first-order chi connectivity index (χ1) is 9.56. The minimum Gasteiger partial charge on any atom is -0.335 e. The molecular weight excluding hydrogens is 339 g/mol. The summed E-state index contributed by atoms with van der Waals surface area (Å²) in [7, 11) is 0. The Bertz CT molecular complexity index is 539. The molecule has 108 valence electrons. The Morgan fingerprint density at radius 2 is 2.15 bits per heavy atom. The van der Waals surface area contributed by atoms with Crippen LogP contribution in [0.3, 0.4) is 0 Å². The van der Waals surface area contributed by atoms with Crippen LogP contribution in [0.1, 0.15) is 32.6 Å². The molecule has 1 fully saturated rings. The summed E-state index contributed by atoms with van der Waals surface area (Å²) in [4.78, 5) is 4.92. The molecule has 0 unspecified atom stereocenters. The van der Waals surface area contributed by atoms with E-state index in [0.29, 0.717) is 4.47 Å². The molecule has 1 aliphatic heterocycles. The van der Waals surface area contributed by atoms with Gasteiger partial charge in [-0.3, -0.25) is 4.99 Å². The molecule has 0 saturated heterocycles. The zero-order valence-electron chi connectivity index (χ0n) is 11.5. The third-order valence-electron chi connectivity index (χ3n) is 4.19. The van der Waals surface area contributed by atoms with Crippen molar-refractivity contribution in [3.05, 3.63) is 28.5 Å². The summed E-state index contributed by atoms with van der Waals surface area (Å²) in [6, 6.07) is 4.97. The highest BCUT2D eigenvalue weighted by Gasteiger charge is 2.38. The zero-order valence-corrected chi connectivity index (χ0v) is 13.9. The SMILES string of the molecule is CC1CCC2(CC1)CSC(Nc1ccc(F)c(Br)c1)=N2. The molecule has 0 bridgehead atoms. The van der Waals surface area contributed by atoms with Crippen molar-refractivity contribution < 1.29 is 4.39 Å². The van der Waals surface area contributed by atoms with Crippen LogP contribution in [0.15, 0.2) is 27.7 Å². The van der Waals surface area contributed by atoms with Crippen LogP contribution >= 0.6 is 27.7 Å². The van der Waals surface area contributed by atoms with Crippen molar-refractivity contribution >= 4 is 38.5 Å². The number of rotatable bonds is 1. The lowest BCUT2D eigenvalue weighted by molar-refractivity contribution is 0.273. The van der Waals surface area contributed by atoms with E-state index < -0.39 is 0 Å². The van der Waals surface area contributed by atoms with Crippen molar-refractivity contribution in [2.24, 2.45) is 10.9 Å². The molecule has 20 heavy (non-hydrogen) atoms. The highest BCUT2D eigenvalue weighted by molar-refractivity contribution is 9.10. The van der Waals surface area contributed by atoms with Crippen molar-refractivity contribution in [2.75, 3.05) is 11.1 Å². The fourth-order valence-corrected chi connectivity index (χ4v) is 4.39. The molecule has 5 heteroatoms. The van der Waals surface area contributed by atoms with Crippen LogP contribution in [0.5, 0.6) is 0 Å². The van der Waals surface area contributed by atoms with Gasteiger partial charge in [0, 0.05) is 11.4 Å². The number of thioether (sulfide) groups is 1. The number of benzene rings is 1. The number of hydrogen-bond donors (Lipinski definition) is 1. The van der Waals surface area contributed by atoms with Crippen LogP contribution in [0.4, 0.5) is 10.1 Å². The maximum absolute atomic E-state index is 13.2. The van der Waals surface area contributed by atoms with Gasteiger partial charge in [0.15, 0.2) is 5.17 Å². The zero-order chi connectivity index (χ0) is 14.2. The molecule has 1 aliphatic carbocycles. The lowest BCUT2D eigenvalue weighted by atomic mass is 9.79. The summed E-state index contributed by atoms with van der Waals surface area (Å²) in [5, 5.41) is 4.28. The molecule has 2 aliphatic rings. The van der Waals surface area contributed by atoms with Crippen LogP contribution in [0, 0.1) is 11.7 Å². The Balaban J connectivity index is 1.71. The fraction of sp³-hybridized carbons (Fsp3) is 0.533. The van der Waals surface area contributed by atoms with Crippen LogP contribution in [-0.2, 0) is 0 Å². The first-order valence-electron chi connectivity index (χ1n) is 7.01. The molecule has 1 saturated carbocycles. The Morgan fingerprint density at radius 3 is 2.85 bits per heavy atom. The maximum atomic E-state index is 13.2. The number of aliphatic imine (C=N–C) groups is 1. The summed E-state index contributed by atoms with van der Waals surface area (Å²) in [5.41, 5.74) is 1.03. The second kappa shape index (κ2) is 5.68. The number of nitrogens with zero attached hydrogens (tertiary/aromatic N) is 1. The van der Waals surface area contributed by atoms with E-state index in [0.717, 1.165) is 22.5 Å². The quantitative estimate of drug-likeness (QED) is 0.760. The number of amidine groups is 1. The smallest absolute Gasteiger partial charge is 0.161 e.